The fourth-order valence-corrected chi connectivity index (χ4v) is 1.95. The van der Waals surface area contributed by atoms with Crippen LogP contribution in [-0.4, -0.2) is 15.1 Å². The van der Waals surface area contributed by atoms with Crippen LogP contribution in [0.15, 0.2) is 36.4 Å². The Morgan fingerprint density at radius 2 is 1.81 bits per heavy atom. The second-order valence-corrected chi connectivity index (χ2v) is 4.57. The molecule has 0 radical (unpaired) electrons. The Balaban J connectivity index is 2.21. The molecule has 7 heteroatoms. The minimum atomic E-state index is -0.934. The lowest BCUT2D eigenvalue weighted by molar-refractivity contribution is -0.387. The summed E-state index contributed by atoms with van der Waals surface area (Å²) in [5.74, 6) is -1.11. The molecule has 0 saturated carbocycles. The summed E-state index contributed by atoms with van der Waals surface area (Å²) in [6.45, 7) is 1.74. The highest BCUT2D eigenvalue weighted by Gasteiger charge is 2.15. The van der Waals surface area contributed by atoms with E-state index in [1.165, 1.54) is 24.3 Å². The van der Waals surface area contributed by atoms with Gasteiger partial charge in [-0.3, -0.25) is 10.1 Å². The van der Waals surface area contributed by atoms with Crippen LogP contribution in [0.25, 0.3) is 0 Å². The van der Waals surface area contributed by atoms with Gasteiger partial charge in [0.1, 0.15) is 11.5 Å². The molecular weight excluding hydrogens is 279 g/mol. The summed E-state index contributed by atoms with van der Waals surface area (Å²) in [5, 5.41) is 32.3. The van der Waals surface area contributed by atoms with Crippen LogP contribution in [0, 0.1) is 15.9 Å². The number of nitro groups is 1. The average Bonchev–Trinajstić information content (AvgIpc) is 2.37. The number of hydrogen-bond acceptors (Lipinski definition) is 5. The van der Waals surface area contributed by atoms with Crippen molar-refractivity contribution in [3.05, 3.63) is 57.9 Å². The van der Waals surface area contributed by atoms with Crippen LogP contribution in [0.3, 0.4) is 0 Å². The number of aromatic hydroxyl groups is 2. The van der Waals surface area contributed by atoms with Gasteiger partial charge in [-0.15, -0.1) is 0 Å². The van der Waals surface area contributed by atoms with Crippen LogP contribution >= 0.6 is 0 Å². The van der Waals surface area contributed by atoms with Gasteiger partial charge in [0.05, 0.1) is 4.92 Å². The van der Waals surface area contributed by atoms with Crippen LogP contribution in [0.2, 0.25) is 0 Å². The quantitative estimate of drug-likeness (QED) is 0.593. The largest absolute Gasteiger partial charge is 0.508 e. The molecule has 0 heterocycles. The number of phenols is 2. The third-order valence-electron chi connectivity index (χ3n) is 2.95. The summed E-state index contributed by atoms with van der Waals surface area (Å²) in [5.41, 5.74) is 0.350. The van der Waals surface area contributed by atoms with Gasteiger partial charge in [0.2, 0.25) is 5.82 Å². The molecule has 1 atom stereocenters. The Labute approximate surface area is 119 Å². The van der Waals surface area contributed by atoms with E-state index in [-0.39, 0.29) is 17.5 Å². The van der Waals surface area contributed by atoms with Crippen molar-refractivity contribution in [3.8, 4) is 11.5 Å². The molecule has 0 aliphatic carbocycles. The van der Waals surface area contributed by atoms with Crippen molar-refractivity contribution in [2.75, 3.05) is 5.32 Å². The Morgan fingerprint density at radius 3 is 2.33 bits per heavy atom. The topological polar surface area (TPSA) is 95.6 Å². The van der Waals surface area contributed by atoms with E-state index in [1.54, 1.807) is 6.92 Å². The predicted molar refractivity (Wildman–Crippen MR) is 74.9 cm³/mol. The molecule has 6 nitrogen and oxygen atoms in total. The van der Waals surface area contributed by atoms with Crippen molar-refractivity contribution in [1.82, 2.24) is 0 Å². The number of phenolic OH excluding ortho intramolecular Hbond substituents is 2. The molecule has 0 amide bonds. The van der Waals surface area contributed by atoms with E-state index in [0.29, 0.717) is 11.3 Å². The van der Waals surface area contributed by atoms with Crippen LogP contribution in [0.5, 0.6) is 11.5 Å². The lowest BCUT2D eigenvalue weighted by Crippen LogP contribution is -2.07. The Bertz CT molecular complexity index is 670. The number of rotatable bonds is 4. The maximum atomic E-state index is 13.5. The van der Waals surface area contributed by atoms with Gasteiger partial charge in [-0.25, -0.2) is 0 Å². The van der Waals surface area contributed by atoms with Gasteiger partial charge in [0.25, 0.3) is 0 Å². The van der Waals surface area contributed by atoms with Gasteiger partial charge >= 0.3 is 5.69 Å². The maximum Gasteiger partial charge on any atom is 0.304 e. The first kappa shape index (κ1) is 14.6. The van der Waals surface area contributed by atoms with Gasteiger partial charge in [0.15, 0.2) is 0 Å². The minimum Gasteiger partial charge on any atom is -0.508 e. The second-order valence-electron chi connectivity index (χ2n) is 4.57. The molecule has 0 bridgehead atoms. The second kappa shape index (κ2) is 5.66. The third-order valence-corrected chi connectivity index (χ3v) is 2.95. The molecular formula is C14H13FN2O4. The minimum absolute atomic E-state index is 0.0893. The van der Waals surface area contributed by atoms with Crippen molar-refractivity contribution in [2.45, 2.75) is 13.0 Å². The molecule has 3 N–H and O–H groups in total. The molecule has 0 aromatic heterocycles. The molecule has 0 saturated heterocycles. The molecule has 0 spiro atoms. The highest BCUT2D eigenvalue weighted by atomic mass is 19.1. The molecule has 2 aromatic carbocycles. The standard InChI is InChI=1S/C14H13FN2O4/c1-8(9-4-11(18)7-12(19)5-9)16-10-2-3-14(17(20)21)13(15)6-10/h2-8,16,18-19H,1H3. The van der Waals surface area contributed by atoms with E-state index in [9.17, 15) is 24.7 Å². The van der Waals surface area contributed by atoms with Gasteiger partial charge in [0, 0.05) is 29.9 Å². The first-order chi connectivity index (χ1) is 9.86. The van der Waals surface area contributed by atoms with Gasteiger partial charge in [-0.05, 0) is 30.7 Å². The number of nitro benzene ring substituents is 1. The average molecular weight is 292 g/mol. The van der Waals surface area contributed by atoms with Crippen molar-refractivity contribution in [1.29, 1.82) is 0 Å². The van der Waals surface area contributed by atoms with E-state index in [1.807, 2.05) is 0 Å². The molecule has 2 aromatic rings. The van der Waals surface area contributed by atoms with Crippen LogP contribution in [0.4, 0.5) is 15.8 Å². The maximum absolute atomic E-state index is 13.5. The fraction of sp³-hybridized carbons (Fsp3) is 0.143. The molecule has 110 valence electrons. The predicted octanol–water partition coefficient (Wildman–Crippen LogP) is 3.32. The van der Waals surface area contributed by atoms with Crippen molar-refractivity contribution >= 4 is 11.4 Å². The SMILES string of the molecule is CC(Nc1ccc([N+](=O)[O-])c(F)c1)c1cc(O)cc(O)c1. The zero-order valence-electron chi connectivity index (χ0n) is 11.1. The fourth-order valence-electron chi connectivity index (χ4n) is 1.95. The number of hydrogen-bond donors (Lipinski definition) is 3. The number of benzene rings is 2. The van der Waals surface area contributed by atoms with Crippen molar-refractivity contribution < 1.29 is 19.5 Å². The van der Waals surface area contributed by atoms with E-state index in [0.717, 1.165) is 12.1 Å². The number of halogens is 1. The van der Waals surface area contributed by atoms with Crippen molar-refractivity contribution in [3.63, 3.8) is 0 Å². The van der Waals surface area contributed by atoms with E-state index < -0.39 is 16.4 Å². The molecule has 21 heavy (non-hydrogen) atoms. The van der Waals surface area contributed by atoms with E-state index >= 15 is 0 Å². The van der Waals surface area contributed by atoms with Gasteiger partial charge in [-0.1, -0.05) is 0 Å². The molecule has 0 aliphatic heterocycles. The van der Waals surface area contributed by atoms with Crippen molar-refractivity contribution in [2.24, 2.45) is 0 Å². The summed E-state index contributed by atoms with van der Waals surface area (Å²) in [7, 11) is 0. The first-order valence-corrected chi connectivity index (χ1v) is 6.10. The number of anilines is 1. The van der Waals surface area contributed by atoms with Crippen LogP contribution in [0.1, 0.15) is 18.5 Å². The molecule has 0 fully saturated rings. The molecule has 0 aliphatic rings. The third kappa shape index (κ3) is 3.38. The summed E-state index contributed by atoms with van der Waals surface area (Å²) < 4.78 is 13.5. The summed E-state index contributed by atoms with van der Waals surface area (Å²) >= 11 is 0. The summed E-state index contributed by atoms with van der Waals surface area (Å²) in [6.07, 6.45) is 0. The number of nitrogens with zero attached hydrogens (tertiary/aromatic N) is 1. The number of nitrogens with one attached hydrogen (secondary N) is 1. The van der Waals surface area contributed by atoms with Crippen LogP contribution in [-0.2, 0) is 0 Å². The summed E-state index contributed by atoms with van der Waals surface area (Å²) in [4.78, 5) is 9.75. The smallest absolute Gasteiger partial charge is 0.304 e. The van der Waals surface area contributed by atoms with Gasteiger partial charge in [-0.2, -0.15) is 4.39 Å². The summed E-state index contributed by atoms with van der Waals surface area (Å²) in [6, 6.07) is 7.26. The zero-order chi connectivity index (χ0) is 15.6. The highest BCUT2D eigenvalue weighted by Crippen LogP contribution is 2.28. The zero-order valence-corrected chi connectivity index (χ0v) is 11.1. The Morgan fingerprint density at radius 1 is 1.19 bits per heavy atom. The Kier molecular flexibility index (Phi) is 3.93. The highest BCUT2D eigenvalue weighted by molar-refractivity contribution is 5.51. The monoisotopic (exact) mass is 292 g/mol. The lowest BCUT2D eigenvalue weighted by Gasteiger charge is -2.16. The van der Waals surface area contributed by atoms with Gasteiger partial charge < -0.3 is 15.5 Å². The first-order valence-electron chi connectivity index (χ1n) is 6.10. The molecule has 2 rings (SSSR count). The lowest BCUT2D eigenvalue weighted by atomic mass is 10.1. The molecule has 1 unspecified atom stereocenters. The Hall–Kier alpha value is -2.83. The van der Waals surface area contributed by atoms with E-state index in [4.69, 9.17) is 0 Å². The van der Waals surface area contributed by atoms with Crippen LogP contribution < -0.4 is 5.32 Å². The normalized spacial score (nSPS) is 11.9. The van der Waals surface area contributed by atoms with E-state index in [2.05, 4.69) is 5.32 Å².